The van der Waals surface area contributed by atoms with Crippen LogP contribution in [0.2, 0.25) is 0 Å². The van der Waals surface area contributed by atoms with Gasteiger partial charge in [-0.15, -0.1) is 0 Å². The Morgan fingerprint density at radius 1 is 0.661 bits per heavy atom. The summed E-state index contributed by atoms with van der Waals surface area (Å²) in [5.74, 6) is -3.49. The Hall–Kier alpha value is -6.39. The highest BCUT2D eigenvalue weighted by Gasteiger charge is 2.67. The zero-order chi connectivity index (χ0) is 44.7. The number of carbonyl (C=O) groups excluding carboxylic acids is 4. The van der Waals surface area contributed by atoms with Gasteiger partial charge in [-0.2, -0.15) is 0 Å². The molecule has 2 aliphatic carbocycles. The van der Waals surface area contributed by atoms with Crippen molar-refractivity contribution >= 4 is 35.8 Å². The molecule has 2 aliphatic heterocycles. The highest BCUT2D eigenvalue weighted by atomic mass is 19.1. The number of nitrogens with two attached hydrogens (primary N) is 2. The third-order valence-electron chi connectivity index (χ3n) is 14.5. The lowest BCUT2D eigenvalue weighted by molar-refractivity contribution is -0.143. The Morgan fingerprint density at radius 2 is 1.05 bits per heavy atom. The lowest BCUT2D eigenvalue weighted by Gasteiger charge is -2.51. The number of nitrogens with one attached hydrogen (secondary N) is 2. The van der Waals surface area contributed by atoms with Gasteiger partial charge in [-0.25, -0.2) is 14.0 Å². The number of nitrogens with zero attached hydrogens (tertiary/aromatic N) is 3. The van der Waals surface area contributed by atoms with Crippen LogP contribution in [-0.2, 0) is 41.1 Å². The van der Waals surface area contributed by atoms with Crippen molar-refractivity contribution < 1.29 is 43.4 Å². The van der Waals surface area contributed by atoms with Crippen molar-refractivity contribution in [2.75, 3.05) is 13.1 Å². The Balaban J connectivity index is 1.38. The number of fused-ring (bicyclic) bond motifs is 4. The number of benzene rings is 3. The molecule has 4 aromatic rings. The molecule has 62 heavy (non-hydrogen) atoms. The Bertz CT molecular complexity index is 2430. The van der Waals surface area contributed by atoms with E-state index in [1.54, 1.807) is 62.4 Å². The molecule has 324 valence electrons. The molecule has 0 radical (unpaired) electrons. The van der Waals surface area contributed by atoms with Gasteiger partial charge in [0.1, 0.15) is 16.9 Å². The minimum absolute atomic E-state index is 0.276. The van der Waals surface area contributed by atoms with E-state index in [2.05, 4.69) is 10.6 Å². The number of rotatable bonds is 11. The fraction of sp³-hybridized carbons (Fsp3) is 0.391. The molecular weight excluding hydrogens is 798 g/mol. The maximum Gasteiger partial charge on any atom is 0.411 e. The molecular formula is C46H50FN7O8. The summed E-state index contributed by atoms with van der Waals surface area (Å²) in [6.07, 6.45) is -1.52. The summed E-state index contributed by atoms with van der Waals surface area (Å²) in [5, 5.41) is 24.4. The normalized spacial score (nSPS) is 27.6. The molecule has 0 saturated carbocycles. The molecule has 4 bridgehead atoms. The summed E-state index contributed by atoms with van der Waals surface area (Å²) in [6.45, 7) is 8.07. The van der Waals surface area contributed by atoms with E-state index in [0.717, 1.165) is 22.5 Å². The van der Waals surface area contributed by atoms with E-state index in [1.165, 1.54) is 12.1 Å². The molecule has 2 saturated heterocycles. The summed E-state index contributed by atoms with van der Waals surface area (Å²) >= 11 is 0. The lowest BCUT2D eigenvalue weighted by Crippen LogP contribution is -2.65. The Morgan fingerprint density at radius 3 is 1.42 bits per heavy atom. The van der Waals surface area contributed by atoms with Crippen LogP contribution >= 0.6 is 0 Å². The standard InChI is InChI=1S/C46H50FN7O8/c1-25-26(2)38(34-14-8-20-53(34)46(40(58)51-42(61)62)30-12-6-10-28(22-30)44(46,4)24-36(49)56)54(32-17-15-31(47)16-18-32)37(25)33-13-7-19-52(33)45(39(57)50-41(59)60)29-11-5-9-27(21-29)43(45,3)23-35(48)55/h5-6,9-12,15-18,21-22,33-34H,7-8,13-14,19-20,23-24H2,1-4H3,(H2,48,55)(H2,49,56)(H,50,57)(H,51,58)(H,59,60)(H,61,62)/t33?,34?,43?,44?,45-,46-/m1/s1. The van der Waals surface area contributed by atoms with Crippen LogP contribution < -0.4 is 22.1 Å². The number of likely N-dealkylation sites (tertiary alicyclic amines) is 2. The largest absolute Gasteiger partial charge is 0.465 e. The van der Waals surface area contributed by atoms with E-state index in [9.17, 15) is 43.4 Å². The number of carbonyl (C=O) groups is 6. The van der Waals surface area contributed by atoms with Crippen LogP contribution in [0, 0.1) is 19.7 Å². The second kappa shape index (κ2) is 14.9. The Kier molecular flexibility index (Phi) is 10.2. The third kappa shape index (κ3) is 5.82. The van der Waals surface area contributed by atoms with Gasteiger partial charge in [-0.1, -0.05) is 62.4 Å². The minimum Gasteiger partial charge on any atom is -0.465 e. The molecule has 6 atom stereocenters. The maximum atomic E-state index is 14.9. The zero-order valence-corrected chi connectivity index (χ0v) is 35.0. The smallest absolute Gasteiger partial charge is 0.411 e. The van der Waals surface area contributed by atoms with Crippen molar-refractivity contribution in [1.82, 2.24) is 25.0 Å². The van der Waals surface area contributed by atoms with Gasteiger partial charge in [0.15, 0.2) is 0 Å². The second-order valence-corrected chi connectivity index (χ2v) is 17.6. The van der Waals surface area contributed by atoms with Crippen LogP contribution in [0.15, 0.2) is 72.8 Å². The number of amides is 6. The number of imide groups is 2. The predicted octanol–water partition coefficient (Wildman–Crippen LogP) is 5.18. The van der Waals surface area contributed by atoms with Crippen molar-refractivity contribution in [3.8, 4) is 5.69 Å². The molecule has 3 heterocycles. The topological polar surface area (TPSA) is 230 Å². The molecule has 0 spiro atoms. The average molecular weight is 848 g/mol. The van der Waals surface area contributed by atoms with Crippen LogP contribution in [0.1, 0.15) is 109 Å². The molecule has 6 amide bonds. The van der Waals surface area contributed by atoms with Gasteiger partial charge in [0.2, 0.25) is 11.8 Å². The van der Waals surface area contributed by atoms with E-state index in [4.69, 9.17) is 11.5 Å². The summed E-state index contributed by atoms with van der Waals surface area (Å²) in [6, 6.07) is 19.1. The summed E-state index contributed by atoms with van der Waals surface area (Å²) in [7, 11) is 0. The van der Waals surface area contributed by atoms with Crippen LogP contribution in [0.3, 0.4) is 0 Å². The van der Waals surface area contributed by atoms with Gasteiger partial charge in [0.25, 0.3) is 11.8 Å². The zero-order valence-electron chi connectivity index (χ0n) is 35.0. The monoisotopic (exact) mass is 847 g/mol. The molecule has 15 nitrogen and oxygen atoms in total. The number of primary amides is 2. The quantitative estimate of drug-likeness (QED) is 0.116. The number of hydrogen-bond donors (Lipinski definition) is 6. The Labute approximate surface area is 357 Å². The van der Waals surface area contributed by atoms with E-state index in [0.29, 0.717) is 66.7 Å². The van der Waals surface area contributed by atoms with E-state index in [-0.39, 0.29) is 12.8 Å². The van der Waals surface area contributed by atoms with Crippen LogP contribution in [-0.4, -0.2) is 73.5 Å². The van der Waals surface area contributed by atoms with Gasteiger partial charge in [0.05, 0.1) is 12.1 Å². The first-order valence-electron chi connectivity index (χ1n) is 20.7. The summed E-state index contributed by atoms with van der Waals surface area (Å²) < 4.78 is 16.9. The van der Waals surface area contributed by atoms with Gasteiger partial charge in [0, 0.05) is 53.8 Å². The molecule has 4 unspecified atom stereocenters. The van der Waals surface area contributed by atoms with Crippen LogP contribution in [0.5, 0.6) is 0 Å². The summed E-state index contributed by atoms with van der Waals surface area (Å²) in [5.41, 5.74) is 11.7. The maximum absolute atomic E-state index is 14.9. The van der Waals surface area contributed by atoms with E-state index in [1.807, 2.05) is 40.3 Å². The molecule has 8 N–H and O–H groups in total. The minimum atomic E-state index is -1.73. The molecule has 4 aliphatic rings. The first-order valence-corrected chi connectivity index (χ1v) is 20.7. The molecule has 8 rings (SSSR count). The SMILES string of the molecule is Cc1c(C)c(C2CCCN2[C@@]2(C(=O)NC(=O)O)c3cccc(c3)C2(C)CC(N)=O)n(-c2ccc(F)cc2)c1C1CCCN1[C@@]1(C(=O)NC(=O)O)c2cccc(c2)C1(C)CC(N)=O. The highest BCUT2D eigenvalue weighted by molar-refractivity contribution is 6.01. The molecule has 1 aromatic heterocycles. The second-order valence-electron chi connectivity index (χ2n) is 17.6. The van der Waals surface area contributed by atoms with E-state index < -0.39 is 75.6 Å². The van der Waals surface area contributed by atoms with Crippen molar-refractivity contribution in [1.29, 1.82) is 0 Å². The summed E-state index contributed by atoms with van der Waals surface area (Å²) in [4.78, 5) is 84.3. The lowest BCUT2D eigenvalue weighted by atomic mass is 9.65. The van der Waals surface area contributed by atoms with Crippen molar-refractivity contribution in [3.05, 3.63) is 123 Å². The first kappa shape index (κ1) is 42.3. The first-order chi connectivity index (χ1) is 29.3. The van der Waals surface area contributed by atoms with Gasteiger partial charge >= 0.3 is 12.2 Å². The van der Waals surface area contributed by atoms with Crippen LogP contribution in [0.4, 0.5) is 14.0 Å². The molecule has 3 aromatic carbocycles. The van der Waals surface area contributed by atoms with Gasteiger partial charge < -0.3 is 26.2 Å². The fourth-order valence-corrected chi connectivity index (χ4v) is 12.2. The van der Waals surface area contributed by atoms with Gasteiger partial charge in [-0.3, -0.25) is 39.6 Å². The van der Waals surface area contributed by atoms with Crippen LogP contribution in [0.25, 0.3) is 5.69 Å². The number of halogens is 1. The predicted molar refractivity (Wildman–Crippen MR) is 223 cm³/mol. The number of aromatic nitrogens is 1. The van der Waals surface area contributed by atoms with Gasteiger partial charge in [-0.05, 0) is 97.2 Å². The number of hydrogen-bond acceptors (Lipinski definition) is 8. The van der Waals surface area contributed by atoms with Crippen molar-refractivity contribution in [3.63, 3.8) is 0 Å². The highest BCUT2D eigenvalue weighted by Crippen LogP contribution is 2.61. The molecule has 16 heteroatoms. The third-order valence-corrected chi connectivity index (χ3v) is 14.5. The molecule has 2 fully saturated rings. The number of carboxylic acid groups (broad SMARTS) is 2. The van der Waals surface area contributed by atoms with Crippen molar-refractivity contribution in [2.24, 2.45) is 11.5 Å². The van der Waals surface area contributed by atoms with Crippen molar-refractivity contribution in [2.45, 2.75) is 100 Å². The fourth-order valence-electron chi connectivity index (χ4n) is 12.2. The van der Waals surface area contributed by atoms with E-state index >= 15 is 0 Å². The average Bonchev–Trinajstić information content (AvgIpc) is 3.98.